The molecular weight excluding hydrogens is 132 g/mol. The molecule has 2 aliphatic carbocycles. The summed E-state index contributed by atoms with van der Waals surface area (Å²) in [6.45, 7) is 0. The van der Waals surface area contributed by atoms with Crippen LogP contribution in [0.5, 0.6) is 0 Å². The molecule has 1 saturated carbocycles. The quantitative estimate of drug-likeness (QED) is 0.463. The summed E-state index contributed by atoms with van der Waals surface area (Å²) in [6.07, 6.45) is 9.66. The van der Waals surface area contributed by atoms with E-state index in [1.807, 2.05) is 0 Å². The van der Waals surface area contributed by atoms with Gasteiger partial charge in [-0.15, -0.1) is 5.92 Å². The topological polar surface area (TPSA) is 0 Å². The molecule has 0 bridgehead atoms. The highest BCUT2D eigenvalue weighted by Crippen LogP contribution is 2.35. The minimum atomic E-state index is 0.787. The summed E-state index contributed by atoms with van der Waals surface area (Å²) in [7, 11) is 0. The molecule has 0 N–H and O–H groups in total. The van der Waals surface area contributed by atoms with Crippen LogP contribution in [-0.4, -0.2) is 0 Å². The molecule has 2 unspecified atom stereocenters. The van der Waals surface area contributed by atoms with E-state index in [0.29, 0.717) is 0 Å². The molecule has 0 amide bonds. The Hall–Kier alpha value is -0.440. The van der Waals surface area contributed by atoms with Crippen LogP contribution in [-0.2, 0) is 0 Å². The van der Waals surface area contributed by atoms with Crippen molar-refractivity contribution < 1.29 is 0 Å². The zero-order valence-corrected chi connectivity index (χ0v) is 7.10. The van der Waals surface area contributed by atoms with Gasteiger partial charge in [-0.2, -0.15) is 0 Å². The molecule has 0 aliphatic heterocycles. The summed E-state index contributed by atoms with van der Waals surface area (Å²) in [6, 6.07) is 0. The summed E-state index contributed by atoms with van der Waals surface area (Å²) < 4.78 is 0. The Kier molecular flexibility index (Phi) is 2.17. The smallest absolute Gasteiger partial charge is 0.0231 e. The van der Waals surface area contributed by atoms with E-state index in [1.54, 1.807) is 0 Å². The SMILES string of the molecule is C1#CC2CCCC2CCCC1. The summed E-state index contributed by atoms with van der Waals surface area (Å²) >= 11 is 0. The van der Waals surface area contributed by atoms with Crippen LogP contribution in [0.2, 0.25) is 0 Å². The van der Waals surface area contributed by atoms with Crippen molar-refractivity contribution in [1.29, 1.82) is 0 Å². The first-order valence-electron chi connectivity index (χ1n) is 4.95. The Balaban J connectivity index is 2.06. The fourth-order valence-electron chi connectivity index (χ4n) is 2.40. The van der Waals surface area contributed by atoms with Crippen molar-refractivity contribution in [3.05, 3.63) is 0 Å². The van der Waals surface area contributed by atoms with Gasteiger partial charge in [0.25, 0.3) is 0 Å². The van der Waals surface area contributed by atoms with Crippen molar-refractivity contribution in [2.75, 3.05) is 0 Å². The van der Waals surface area contributed by atoms with Gasteiger partial charge in [-0.05, 0) is 31.6 Å². The predicted octanol–water partition coefficient (Wildman–Crippen LogP) is 2.98. The summed E-state index contributed by atoms with van der Waals surface area (Å²) in [5.74, 6) is 8.50. The lowest BCUT2D eigenvalue weighted by Gasteiger charge is -2.15. The first-order chi connectivity index (χ1) is 5.47. The highest BCUT2D eigenvalue weighted by molar-refractivity contribution is 5.08. The molecule has 2 atom stereocenters. The van der Waals surface area contributed by atoms with Crippen molar-refractivity contribution in [3.8, 4) is 11.8 Å². The van der Waals surface area contributed by atoms with E-state index in [2.05, 4.69) is 11.8 Å². The van der Waals surface area contributed by atoms with Gasteiger partial charge in [0, 0.05) is 12.3 Å². The Labute approximate surface area is 69.4 Å². The maximum absolute atomic E-state index is 3.43. The first-order valence-corrected chi connectivity index (χ1v) is 4.95. The fraction of sp³-hybridized carbons (Fsp3) is 0.818. The zero-order valence-electron chi connectivity index (χ0n) is 7.10. The van der Waals surface area contributed by atoms with Gasteiger partial charge in [-0.1, -0.05) is 18.8 Å². The minimum Gasteiger partial charge on any atom is -0.103 e. The first kappa shape index (κ1) is 7.22. The molecule has 1 fully saturated rings. The van der Waals surface area contributed by atoms with Crippen molar-refractivity contribution >= 4 is 0 Å². The van der Waals surface area contributed by atoms with Crippen LogP contribution in [0.4, 0.5) is 0 Å². The molecule has 0 spiro atoms. The molecule has 60 valence electrons. The largest absolute Gasteiger partial charge is 0.103 e. The maximum Gasteiger partial charge on any atom is 0.0231 e. The number of rotatable bonds is 0. The van der Waals surface area contributed by atoms with Gasteiger partial charge >= 0.3 is 0 Å². The molecule has 0 heteroatoms. The van der Waals surface area contributed by atoms with Crippen molar-refractivity contribution in [1.82, 2.24) is 0 Å². The Morgan fingerprint density at radius 2 is 1.82 bits per heavy atom. The molecule has 0 nitrogen and oxygen atoms in total. The zero-order chi connectivity index (χ0) is 7.52. The van der Waals surface area contributed by atoms with E-state index >= 15 is 0 Å². The standard InChI is InChI=1S/C11H16/c1-2-4-7-11-9-5-8-10(11)6-3-1/h10-11H,1-3,5-6,8-9H2. The summed E-state index contributed by atoms with van der Waals surface area (Å²) in [4.78, 5) is 0. The maximum atomic E-state index is 3.43. The highest BCUT2D eigenvalue weighted by atomic mass is 14.3. The third kappa shape index (κ3) is 1.59. The van der Waals surface area contributed by atoms with Crippen LogP contribution in [0.3, 0.4) is 0 Å². The van der Waals surface area contributed by atoms with E-state index in [1.165, 1.54) is 38.5 Å². The lowest BCUT2D eigenvalue weighted by Crippen LogP contribution is -2.06. The molecule has 2 aliphatic rings. The Morgan fingerprint density at radius 1 is 0.909 bits per heavy atom. The van der Waals surface area contributed by atoms with Crippen LogP contribution in [0, 0.1) is 23.7 Å². The summed E-state index contributed by atoms with van der Waals surface area (Å²) in [5.41, 5.74) is 0. The lowest BCUT2D eigenvalue weighted by atomic mass is 9.89. The monoisotopic (exact) mass is 148 g/mol. The average molecular weight is 148 g/mol. The molecule has 11 heavy (non-hydrogen) atoms. The molecule has 0 aromatic carbocycles. The van der Waals surface area contributed by atoms with Gasteiger partial charge < -0.3 is 0 Å². The lowest BCUT2D eigenvalue weighted by molar-refractivity contribution is 0.413. The highest BCUT2D eigenvalue weighted by Gasteiger charge is 2.25. The number of hydrogen-bond donors (Lipinski definition) is 0. The molecule has 0 aromatic rings. The molecule has 0 saturated heterocycles. The predicted molar refractivity (Wildman–Crippen MR) is 47.1 cm³/mol. The van der Waals surface area contributed by atoms with Gasteiger partial charge in [0.05, 0.1) is 0 Å². The van der Waals surface area contributed by atoms with Crippen molar-refractivity contribution in [2.24, 2.45) is 11.8 Å². The molecule has 2 rings (SSSR count). The van der Waals surface area contributed by atoms with E-state index in [-0.39, 0.29) is 0 Å². The fourth-order valence-corrected chi connectivity index (χ4v) is 2.40. The van der Waals surface area contributed by atoms with E-state index in [9.17, 15) is 0 Å². The normalized spacial score (nSPS) is 36.4. The van der Waals surface area contributed by atoms with Crippen molar-refractivity contribution in [2.45, 2.75) is 44.9 Å². The second-order valence-corrected chi connectivity index (χ2v) is 3.86. The molecule has 0 heterocycles. The second kappa shape index (κ2) is 3.30. The second-order valence-electron chi connectivity index (χ2n) is 3.86. The van der Waals surface area contributed by atoms with E-state index in [4.69, 9.17) is 0 Å². The van der Waals surface area contributed by atoms with Crippen molar-refractivity contribution in [3.63, 3.8) is 0 Å². The summed E-state index contributed by atoms with van der Waals surface area (Å²) in [5, 5.41) is 0. The minimum absolute atomic E-state index is 0.787. The number of fused-ring (bicyclic) bond motifs is 1. The van der Waals surface area contributed by atoms with E-state index < -0.39 is 0 Å². The average Bonchev–Trinajstić information content (AvgIpc) is 2.35. The van der Waals surface area contributed by atoms with Crippen LogP contribution < -0.4 is 0 Å². The third-order valence-electron chi connectivity index (χ3n) is 3.07. The molecule has 0 aromatic heterocycles. The number of hydrogen-bond acceptors (Lipinski definition) is 0. The van der Waals surface area contributed by atoms with Gasteiger partial charge in [-0.3, -0.25) is 0 Å². The Morgan fingerprint density at radius 3 is 2.82 bits per heavy atom. The van der Waals surface area contributed by atoms with E-state index in [0.717, 1.165) is 18.3 Å². The van der Waals surface area contributed by atoms with Gasteiger partial charge in [0.15, 0.2) is 0 Å². The van der Waals surface area contributed by atoms with Crippen LogP contribution in [0.15, 0.2) is 0 Å². The van der Waals surface area contributed by atoms with Crippen LogP contribution >= 0.6 is 0 Å². The van der Waals surface area contributed by atoms with Gasteiger partial charge in [-0.25, -0.2) is 0 Å². The van der Waals surface area contributed by atoms with Crippen LogP contribution in [0.1, 0.15) is 44.9 Å². The molecular formula is C11H16. The Bertz CT molecular complexity index is 182. The van der Waals surface area contributed by atoms with Crippen LogP contribution in [0.25, 0.3) is 0 Å². The van der Waals surface area contributed by atoms with Gasteiger partial charge in [0.2, 0.25) is 0 Å². The third-order valence-corrected chi connectivity index (χ3v) is 3.07. The molecule has 0 radical (unpaired) electrons. The van der Waals surface area contributed by atoms with Gasteiger partial charge in [0.1, 0.15) is 0 Å².